The summed E-state index contributed by atoms with van der Waals surface area (Å²) in [4.78, 5) is 28.6. The molecule has 1 heterocycles. The fraction of sp³-hybridized carbons (Fsp3) is 0.238. The van der Waals surface area contributed by atoms with Crippen LogP contribution in [0.1, 0.15) is 18.4 Å². The number of para-hydroxylation sites is 1. The Morgan fingerprint density at radius 3 is 2.62 bits per heavy atom. The fourth-order valence-corrected chi connectivity index (χ4v) is 3.08. The Bertz CT molecular complexity index is 1050. The van der Waals surface area contributed by atoms with Crippen LogP contribution in [0.2, 0.25) is 0 Å². The van der Waals surface area contributed by atoms with Crippen molar-refractivity contribution in [3.05, 3.63) is 65.6 Å². The highest BCUT2D eigenvalue weighted by molar-refractivity contribution is 5.94. The minimum atomic E-state index is -1.66. The maximum atomic E-state index is 13.6. The van der Waals surface area contributed by atoms with E-state index in [1.54, 1.807) is 0 Å². The summed E-state index contributed by atoms with van der Waals surface area (Å²) in [5.74, 6) is -5.44. The standard InChI is InChI=1S/C21H20F3N3O2/c1-27(12-18(28)26-17-10-9-15(22)20(23)21(17)24)19(29)8-4-5-13-11-25-16-7-3-2-6-14(13)16/h2-3,6-7,9-11,25H,4-5,8,12H2,1H3,(H,26,28). The molecule has 1 aromatic heterocycles. The molecule has 0 aliphatic heterocycles. The van der Waals surface area contributed by atoms with Crippen LogP contribution in [0.3, 0.4) is 0 Å². The van der Waals surface area contributed by atoms with Crippen LogP contribution < -0.4 is 5.32 Å². The second-order valence-corrected chi connectivity index (χ2v) is 6.73. The maximum absolute atomic E-state index is 13.6. The van der Waals surface area contributed by atoms with E-state index in [1.807, 2.05) is 30.5 Å². The summed E-state index contributed by atoms with van der Waals surface area (Å²) in [6, 6.07) is 9.52. The van der Waals surface area contributed by atoms with Crippen LogP contribution >= 0.6 is 0 Å². The summed E-state index contributed by atoms with van der Waals surface area (Å²) in [6.07, 6.45) is 3.46. The smallest absolute Gasteiger partial charge is 0.244 e. The zero-order valence-electron chi connectivity index (χ0n) is 15.8. The van der Waals surface area contributed by atoms with Crippen molar-refractivity contribution in [2.45, 2.75) is 19.3 Å². The number of hydrogen-bond donors (Lipinski definition) is 2. The first-order valence-corrected chi connectivity index (χ1v) is 9.09. The lowest BCUT2D eigenvalue weighted by Gasteiger charge is -2.17. The van der Waals surface area contributed by atoms with Gasteiger partial charge in [0.15, 0.2) is 17.5 Å². The van der Waals surface area contributed by atoms with Gasteiger partial charge in [-0.2, -0.15) is 0 Å². The van der Waals surface area contributed by atoms with Crippen molar-refractivity contribution in [2.75, 3.05) is 18.9 Å². The van der Waals surface area contributed by atoms with Gasteiger partial charge in [-0.25, -0.2) is 13.2 Å². The van der Waals surface area contributed by atoms with Crippen LogP contribution in [0.25, 0.3) is 10.9 Å². The predicted octanol–water partition coefficient (Wildman–Crippen LogP) is 4.01. The highest BCUT2D eigenvalue weighted by atomic mass is 19.2. The minimum absolute atomic E-state index is 0.239. The molecule has 5 nitrogen and oxygen atoms in total. The highest BCUT2D eigenvalue weighted by Crippen LogP contribution is 2.20. The lowest BCUT2D eigenvalue weighted by Crippen LogP contribution is -2.35. The molecule has 0 radical (unpaired) electrons. The number of aryl methyl sites for hydroxylation is 1. The number of carbonyl (C=O) groups is 2. The van der Waals surface area contributed by atoms with Crippen LogP contribution in [0.4, 0.5) is 18.9 Å². The molecule has 0 aliphatic rings. The molecule has 0 aliphatic carbocycles. The molecule has 0 spiro atoms. The molecule has 2 N–H and O–H groups in total. The van der Waals surface area contributed by atoms with Crippen LogP contribution in [0.15, 0.2) is 42.6 Å². The SMILES string of the molecule is CN(CC(=O)Nc1ccc(F)c(F)c1F)C(=O)CCCc1c[nH]c2ccccc12. The van der Waals surface area contributed by atoms with Gasteiger partial charge < -0.3 is 15.2 Å². The number of anilines is 1. The summed E-state index contributed by atoms with van der Waals surface area (Å²) < 4.78 is 39.8. The average Bonchev–Trinajstić information content (AvgIpc) is 3.11. The van der Waals surface area contributed by atoms with E-state index in [4.69, 9.17) is 0 Å². The number of amides is 2. The van der Waals surface area contributed by atoms with Gasteiger partial charge in [-0.1, -0.05) is 18.2 Å². The van der Waals surface area contributed by atoms with Crippen molar-refractivity contribution in [1.82, 2.24) is 9.88 Å². The van der Waals surface area contributed by atoms with Crippen LogP contribution in [0.5, 0.6) is 0 Å². The number of aromatic nitrogens is 1. The van der Waals surface area contributed by atoms with Gasteiger partial charge in [-0.05, 0) is 36.6 Å². The Morgan fingerprint density at radius 1 is 1.07 bits per heavy atom. The minimum Gasteiger partial charge on any atom is -0.361 e. The number of benzene rings is 2. The van der Waals surface area contributed by atoms with E-state index < -0.39 is 29.0 Å². The molecule has 2 amide bonds. The molecule has 0 atom stereocenters. The zero-order chi connectivity index (χ0) is 21.0. The number of likely N-dealkylation sites (N-methyl/N-ethyl adjacent to an activating group) is 1. The van der Waals surface area contributed by atoms with Crippen molar-refractivity contribution in [3.8, 4) is 0 Å². The maximum Gasteiger partial charge on any atom is 0.244 e. The molecule has 0 saturated heterocycles. The Balaban J connectivity index is 1.48. The Kier molecular flexibility index (Phi) is 6.21. The van der Waals surface area contributed by atoms with Crippen LogP contribution in [0, 0.1) is 17.5 Å². The molecule has 2 aromatic carbocycles. The van der Waals surface area contributed by atoms with Gasteiger partial charge in [0.05, 0.1) is 12.2 Å². The molecular weight excluding hydrogens is 383 g/mol. The van der Waals surface area contributed by atoms with E-state index in [1.165, 1.54) is 11.9 Å². The fourth-order valence-electron chi connectivity index (χ4n) is 3.08. The molecule has 0 fully saturated rings. The molecule has 0 bridgehead atoms. The van der Waals surface area contributed by atoms with Gasteiger partial charge in [0.25, 0.3) is 0 Å². The highest BCUT2D eigenvalue weighted by Gasteiger charge is 2.17. The number of hydrogen-bond acceptors (Lipinski definition) is 2. The number of nitrogens with zero attached hydrogens (tertiary/aromatic N) is 1. The predicted molar refractivity (Wildman–Crippen MR) is 104 cm³/mol. The third kappa shape index (κ3) is 4.77. The first-order chi connectivity index (χ1) is 13.9. The third-order valence-corrected chi connectivity index (χ3v) is 4.63. The molecule has 3 aromatic rings. The number of carbonyl (C=O) groups excluding carboxylic acids is 2. The van der Waals surface area contributed by atoms with Crippen molar-refractivity contribution >= 4 is 28.4 Å². The van der Waals surface area contributed by atoms with Crippen LogP contribution in [-0.4, -0.2) is 35.3 Å². The number of H-pyrrole nitrogens is 1. The summed E-state index contributed by atoms with van der Waals surface area (Å²) in [5, 5.41) is 3.26. The van der Waals surface area contributed by atoms with Gasteiger partial charge in [-0.3, -0.25) is 9.59 Å². The molecular formula is C21H20F3N3O2. The lowest BCUT2D eigenvalue weighted by atomic mass is 10.1. The number of nitrogens with one attached hydrogen (secondary N) is 2. The van der Waals surface area contributed by atoms with E-state index in [2.05, 4.69) is 10.3 Å². The summed E-state index contributed by atoms with van der Waals surface area (Å²) in [5.41, 5.74) is 1.67. The summed E-state index contributed by atoms with van der Waals surface area (Å²) in [7, 11) is 1.45. The topological polar surface area (TPSA) is 65.2 Å². The summed E-state index contributed by atoms with van der Waals surface area (Å²) >= 11 is 0. The van der Waals surface area contributed by atoms with Crippen molar-refractivity contribution in [2.24, 2.45) is 0 Å². The van der Waals surface area contributed by atoms with Gasteiger partial charge in [-0.15, -0.1) is 0 Å². The second-order valence-electron chi connectivity index (χ2n) is 6.73. The van der Waals surface area contributed by atoms with Crippen LogP contribution in [-0.2, 0) is 16.0 Å². The molecule has 29 heavy (non-hydrogen) atoms. The van der Waals surface area contributed by atoms with E-state index >= 15 is 0 Å². The average molecular weight is 403 g/mol. The third-order valence-electron chi connectivity index (χ3n) is 4.63. The quantitative estimate of drug-likeness (QED) is 0.586. The van der Waals surface area contributed by atoms with E-state index in [9.17, 15) is 22.8 Å². The van der Waals surface area contributed by atoms with Gasteiger partial charge >= 0.3 is 0 Å². The van der Waals surface area contributed by atoms with Crippen molar-refractivity contribution in [1.29, 1.82) is 0 Å². The van der Waals surface area contributed by atoms with Gasteiger partial charge in [0.2, 0.25) is 11.8 Å². The Morgan fingerprint density at radius 2 is 1.83 bits per heavy atom. The Hall–Kier alpha value is -3.29. The summed E-state index contributed by atoms with van der Waals surface area (Å²) in [6.45, 7) is -0.329. The normalized spacial score (nSPS) is 10.9. The van der Waals surface area contributed by atoms with Crippen molar-refractivity contribution < 1.29 is 22.8 Å². The van der Waals surface area contributed by atoms with Gasteiger partial charge in [0, 0.05) is 30.6 Å². The molecule has 8 heteroatoms. The number of fused-ring (bicyclic) bond motifs is 1. The number of halogens is 3. The second kappa shape index (κ2) is 8.81. The van der Waals surface area contributed by atoms with E-state index in [-0.39, 0.29) is 18.9 Å². The lowest BCUT2D eigenvalue weighted by molar-refractivity contribution is -0.133. The molecule has 0 saturated carbocycles. The monoisotopic (exact) mass is 403 g/mol. The zero-order valence-corrected chi connectivity index (χ0v) is 15.8. The van der Waals surface area contributed by atoms with E-state index in [0.29, 0.717) is 18.9 Å². The molecule has 152 valence electrons. The molecule has 3 rings (SSSR count). The number of aromatic amines is 1. The van der Waals surface area contributed by atoms with Gasteiger partial charge in [0.1, 0.15) is 0 Å². The first-order valence-electron chi connectivity index (χ1n) is 9.09. The number of rotatable bonds is 7. The van der Waals surface area contributed by atoms with Crippen molar-refractivity contribution in [3.63, 3.8) is 0 Å². The largest absolute Gasteiger partial charge is 0.361 e. The first kappa shape index (κ1) is 20.4. The molecule has 0 unspecified atom stereocenters. The Labute approximate surface area is 165 Å². The van der Waals surface area contributed by atoms with E-state index in [0.717, 1.165) is 22.5 Å².